The van der Waals surface area contributed by atoms with Crippen LogP contribution in [0.15, 0.2) is 24.4 Å². The number of aliphatic hydroxyl groups excluding tert-OH is 1. The van der Waals surface area contributed by atoms with Crippen LogP contribution in [0.2, 0.25) is 0 Å². The third-order valence-electron chi connectivity index (χ3n) is 1.77. The van der Waals surface area contributed by atoms with E-state index in [1.807, 2.05) is 11.9 Å². The molecule has 0 spiro atoms. The normalized spacial score (nSPS) is 11.1. The molecule has 0 heterocycles. The van der Waals surface area contributed by atoms with Crippen LogP contribution in [0.3, 0.4) is 0 Å². The summed E-state index contributed by atoms with van der Waals surface area (Å²) in [5.41, 5.74) is 0.643. The first kappa shape index (κ1) is 15.4. The summed E-state index contributed by atoms with van der Waals surface area (Å²) < 4.78 is 0. The van der Waals surface area contributed by atoms with Gasteiger partial charge in [0.2, 0.25) is 0 Å². The number of hydrogen-bond donors (Lipinski definition) is 1. The summed E-state index contributed by atoms with van der Waals surface area (Å²) >= 11 is 0. The molecule has 0 bridgehead atoms. The lowest BCUT2D eigenvalue weighted by Gasteiger charge is -2.31. The minimum atomic E-state index is 0.0390. The molecule has 0 rings (SSSR count). The van der Waals surface area contributed by atoms with Gasteiger partial charge in [-0.25, -0.2) is 0 Å². The minimum absolute atomic E-state index is 0.0390. The van der Waals surface area contributed by atoms with Gasteiger partial charge in [0, 0.05) is 31.5 Å². The van der Waals surface area contributed by atoms with Crippen LogP contribution in [0.4, 0.5) is 0 Å². The van der Waals surface area contributed by atoms with Crippen molar-refractivity contribution in [3.8, 4) is 0 Å². The number of carbonyl (C=O) groups excluding carboxylic acids is 1. The van der Waals surface area contributed by atoms with Crippen molar-refractivity contribution < 1.29 is 9.90 Å². The third kappa shape index (κ3) is 6.43. The highest BCUT2D eigenvalue weighted by Gasteiger charge is 2.13. The molecule has 0 unspecified atom stereocenters. The summed E-state index contributed by atoms with van der Waals surface area (Å²) in [6.07, 6.45) is 4.14. The zero-order valence-electron chi connectivity index (χ0n) is 9.74. The van der Waals surface area contributed by atoms with Crippen LogP contribution < -0.4 is 0 Å². The number of aliphatic hydroxyl groups is 1. The SMILES string of the molecule is C=C/C(C=O)=C\N(C)C(C)(C)C.CO. The molecule has 0 aromatic rings. The van der Waals surface area contributed by atoms with Gasteiger partial charge in [-0.15, -0.1) is 0 Å². The molecule has 0 amide bonds. The first-order valence-electron chi connectivity index (χ1n) is 4.39. The highest BCUT2D eigenvalue weighted by molar-refractivity contribution is 5.76. The molecule has 3 nitrogen and oxygen atoms in total. The summed E-state index contributed by atoms with van der Waals surface area (Å²) in [4.78, 5) is 12.4. The largest absolute Gasteiger partial charge is 0.400 e. The quantitative estimate of drug-likeness (QED) is 0.426. The summed E-state index contributed by atoms with van der Waals surface area (Å²) in [7, 11) is 2.94. The Labute approximate surface area is 86.7 Å². The fourth-order valence-electron chi connectivity index (χ4n) is 0.549. The molecule has 0 fully saturated rings. The lowest BCUT2D eigenvalue weighted by molar-refractivity contribution is -0.104. The van der Waals surface area contributed by atoms with E-state index < -0.39 is 0 Å². The van der Waals surface area contributed by atoms with Gasteiger partial charge in [0.15, 0.2) is 6.29 Å². The van der Waals surface area contributed by atoms with Crippen molar-refractivity contribution in [3.63, 3.8) is 0 Å². The van der Waals surface area contributed by atoms with Crippen LogP contribution in [-0.4, -0.2) is 36.0 Å². The number of carbonyl (C=O) groups is 1. The first-order chi connectivity index (χ1) is 6.41. The van der Waals surface area contributed by atoms with Gasteiger partial charge in [-0.05, 0) is 20.8 Å². The Kier molecular flexibility index (Phi) is 8.05. The number of allylic oxidation sites excluding steroid dienone is 2. The van der Waals surface area contributed by atoms with Gasteiger partial charge in [-0.2, -0.15) is 0 Å². The molecule has 1 N–H and O–H groups in total. The predicted molar refractivity (Wildman–Crippen MR) is 60.0 cm³/mol. The highest BCUT2D eigenvalue weighted by atomic mass is 16.2. The van der Waals surface area contributed by atoms with E-state index in [1.165, 1.54) is 0 Å². The average molecular weight is 199 g/mol. The lowest BCUT2D eigenvalue weighted by atomic mass is 10.1. The van der Waals surface area contributed by atoms with Crippen molar-refractivity contribution in [2.45, 2.75) is 26.3 Å². The molecule has 0 aromatic carbocycles. The number of aldehydes is 1. The maximum Gasteiger partial charge on any atom is 0.151 e. The smallest absolute Gasteiger partial charge is 0.151 e. The van der Waals surface area contributed by atoms with E-state index in [1.54, 1.807) is 12.3 Å². The van der Waals surface area contributed by atoms with Crippen LogP contribution in [0, 0.1) is 0 Å². The molecule has 0 saturated carbocycles. The van der Waals surface area contributed by atoms with E-state index in [4.69, 9.17) is 5.11 Å². The summed E-state index contributed by atoms with van der Waals surface area (Å²) in [6, 6.07) is 0. The molecule has 0 saturated heterocycles. The maximum absolute atomic E-state index is 10.4. The Morgan fingerprint density at radius 2 is 1.79 bits per heavy atom. The van der Waals surface area contributed by atoms with Gasteiger partial charge in [-0.1, -0.05) is 12.7 Å². The highest BCUT2D eigenvalue weighted by Crippen LogP contribution is 2.11. The molecule has 0 aliphatic rings. The summed E-state index contributed by atoms with van der Waals surface area (Å²) in [6.45, 7) is 9.78. The zero-order valence-corrected chi connectivity index (χ0v) is 9.74. The molecule has 0 aliphatic carbocycles. The van der Waals surface area contributed by atoms with E-state index in [0.717, 1.165) is 13.4 Å². The van der Waals surface area contributed by atoms with Crippen molar-refractivity contribution in [2.75, 3.05) is 14.2 Å². The van der Waals surface area contributed by atoms with Gasteiger partial charge in [0.05, 0.1) is 0 Å². The van der Waals surface area contributed by atoms with Gasteiger partial charge in [-0.3, -0.25) is 4.79 Å². The predicted octanol–water partition coefficient (Wildman–Crippen LogP) is 1.59. The molecule has 0 aromatic heterocycles. The summed E-state index contributed by atoms with van der Waals surface area (Å²) in [5, 5.41) is 7.00. The van der Waals surface area contributed by atoms with Crippen molar-refractivity contribution in [1.29, 1.82) is 0 Å². The molecule has 82 valence electrons. The first-order valence-corrected chi connectivity index (χ1v) is 4.39. The standard InChI is InChI=1S/C10H17NO.CH4O/c1-6-9(8-12)7-11(5)10(2,3)4;1-2/h6-8H,1H2,2-5H3;2H,1H3/b9-7+;. The van der Waals surface area contributed by atoms with E-state index in [9.17, 15) is 4.79 Å². The average Bonchev–Trinajstić information content (AvgIpc) is 2.15. The van der Waals surface area contributed by atoms with E-state index in [-0.39, 0.29) is 5.54 Å². The van der Waals surface area contributed by atoms with E-state index in [0.29, 0.717) is 5.57 Å². The molecule has 3 heteroatoms. The fraction of sp³-hybridized carbons (Fsp3) is 0.545. The van der Waals surface area contributed by atoms with Crippen molar-refractivity contribution in [2.24, 2.45) is 0 Å². The fourth-order valence-corrected chi connectivity index (χ4v) is 0.549. The van der Waals surface area contributed by atoms with Gasteiger partial charge in [0.25, 0.3) is 0 Å². The van der Waals surface area contributed by atoms with E-state index in [2.05, 4.69) is 27.4 Å². The molecular formula is C11H21NO2. The monoisotopic (exact) mass is 199 g/mol. The van der Waals surface area contributed by atoms with Crippen LogP contribution in [0.25, 0.3) is 0 Å². The Morgan fingerprint density at radius 3 is 2.00 bits per heavy atom. The van der Waals surface area contributed by atoms with Gasteiger partial charge >= 0.3 is 0 Å². The second kappa shape index (κ2) is 7.33. The third-order valence-corrected chi connectivity index (χ3v) is 1.77. The molecule has 14 heavy (non-hydrogen) atoms. The molecule has 0 atom stereocenters. The molecule has 0 radical (unpaired) electrons. The molecular weight excluding hydrogens is 178 g/mol. The van der Waals surface area contributed by atoms with Crippen LogP contribution in [0.5, 0.6) is 0 Å². The maximum atomic E-state index is 10.4. The second-order valence-corrected chi connectivity index (χ2v) is 3.73. The topological polar surface area (TPSA) is 40.5 Å². The number of rotatable bonds is 3. The van der Waals surface area contributed by atoms with Crippen LogP contribution >= 0.6 is 0 Å². The Bertz CT molecular complexity index is 192. The zero-order chi connectivity index (χ0) is 11.8. The Balaban J connectivity index is 0. The Hall–Kier alpha value is -1.09. The van der Waals surface area contributed by atoms with Crippen molar-refractivity contribution in [3.05, 3.63) is 24.4 Å². The van der Waals surface area contributed by atoms with Crippen molar-refractivity contribution in [1.82, 2.24) is 4.90 Å². The van der Waals surface area contributed by atoms with Crippen molar-refractivity contribution >= 4 is 6.29 Å². The van der Waals surface area contributed by atoms with Gasteiger partial charge in [0.1, 0.15) is 0 Å². The minimum Gasteiger partial charge on any atom is -0.400 e. The Morgan fingerprint density at radius 1 is 1.36 bits per heavy atom. The molecule has 0 aliphatic heterocycles. The second-order valence-electron chi connectivity index (χ2n) is 3.73. The van der Waals surface area contributed by atoms with Crippen LogP contribution in [0.1, 0.15) is 20.8 Å². The summed E-state index contributed by atoms with van der Waals surface area (Å²) in [5.74, 6) is 0. The number of nitrogens with zero attached hydrogens (tertiary/aromatic N) is 1. The van der Waals surface area contributed by atoms with Gasteiger partial charge < -0.3 is 10.0 Å². The lowest BCUT2D eigenvalue weighted by Crippen LogP contribution is -2.33. The number of hydrogen-bond acceptors (Lipinski definition) is 3. The van der Waals surface area contributed by atoms with Crippen LogP contribution in [-0.2, 0) is 4.79 Å². The van der Waals surface area contributed by atoms with E-state index >= 15 is 0 Å².